The first-order chi connectivity index (χ1) is 12.6. The molecule has 0 saturated carbocycles. The summed E-state index contributed by atoms with van der Waals surface area (Å²) in [5.74, 6) is 1.40. The molecule has 1 aromatic heterocycles. The van der Waals surface area contributed by atoms with Gasteiger partial charge in [0.2, 0.25) is 5.91 Å². The van der Waals surface area contributed by atoms with Crippen LogP contribution in [0.25, 0.3) is 5.69 Å². The number of fused-ring (bicyclic) bond motifs is 1. The predicted octanol–water partition coefficient (Wildman–Crippen LogP) is 3.12. The van der Waals surface area contributed by atoms with Gasteiger partial charge in [0.05, 0.1) is 29.3 Å². The minimum absolute atomic E-state index is 0.107. The van der Waals surface area contributed by atoms with E-state index in [4.69, 9.17) is 0 Å². The summed E-state index contributed by atoms with van der Waals surface area (Å²) in [6.07, 6.45) is 0.289. The molecule has 5 nitrogen and oxygen atoms in total. The lowest BCUT2D eigenvalue weighted by Crippen LogP contribution is -2.18. The van der Waals surface area contributed by atoms with E-state index in [0.29, 0.717) is 17.3 Å². The van der Waals surface area contributed by atoms with Crippen LogP contribution in [0.1, 0.15) is 22.4 Å². The molecule has 6 heteroatoms. The number of aromatic nitrogens is 2. The van der Waals surface area contributed by atoms with Crippen LogP contribution in [-0.2, 0) is 33.5 Å². The SMILES string of the molecule is Cc1ccc(-n2nc3c(c2NC(=O)Cc2ccccc2)C[S@@](=O)C3)cc1. The molecule has 0 bridgehead atoms. The molecular formula is C20H19N3O2S. The van der Waals surface area contributed by atoms with Crippen LogP contribution in [0.15, 0.2) is 54.6 Å². The number of aryl methyl sites for hydroxylation is 1. The molecule has 0 aliphatic carbocycles. The number of hydrogen-bond donors (Lipinski definition) is 1. The molecule has 0 fully saturated rings. The van der Waals surface area contributed by atoms with Gasteiger partial charge in [-0.15, -0.1) is 0 Å². The molecule has 0 saturated heterocycles. The first-order valence-electron chi connectivity index (χ1n) is 8.47. The number of benzene rings is 2. The van der Waals surface area contributed by atoms with Crippen molar-refractivity contribution >= 4 is 22.5 Å². The summed E-state index contributed by atoms with van der Waals surface area (Å²) in [6, 6.07) is 17.6. The molecule has 2 aromatic carbocycles. The van der Waals surface area contributed by atoms with Gasteiger partial charge in [-0.2, -0.15) is 5.10 Å². The zero-order valence-corrected chi connectivity index (χ0v) is 15.3. The van der Waals surface area contributed by atoms with Gasteiger partial charge < -0.3 is 5.32 Å². The Morgan fingerprint density at radius 2 is 1.85 bits per heavy atom. The molecular weight excluding hydrogens is 346 g/mol. The van der Waals surface area contributed by atoms with E-state index in [1.54, 1.807) is 4.68 Å². The maximum atomic E-state index is 12.6. The van der Waals surface area contributed by atoms with E-state index < -0.39 is 10.8 Å². The highest BCUT2D eigenvalue weighted by atomic mass is 32.2. The molecule has 0 unspecified atom stereocenters. The van der Waals surface area contributed by atoms with Gasteiger partial charge in [0.25, 0.3) is 0 Å². The number of amides is 1. The Morgan fingerprint density at radius 3 is 2.58 bits per heavy atom. The lowest BCUT2D eigenvalue weighted by molar-refractivity contribution is -0.115. The van der Waals surface area contributed by atoms with Crippen LogP contribution in [0.2, 0.25) is 0 Å². The van der Waals surface area contributed by atoms with Crippen molar-refractivity contribution in [1.29, 1.82) is 0 Å². The molecule has 1 N–H and O–H groups in total. The fourth-order valence-corrected chi connectivity index (χ4v) is 4.35. The fraction of sp³-hybridized carbons (Fsp3) is 0.200. The van der Waals surface area contributed by atoms with Gasteiger partial charge in [0.1, 0.15) is 5.82 Å². The zero-order valence-electron chi connectivity index (χ0n) is 14.4. The summed E-state index contributed by atoms with van der Waals surface area (Å²) >= 11 is 0. The van der Waals surface area contributed by atoms with Gasteiger partial charge >= 0.3 is 0 Å². The molecule has 2 heterocycles. The van der Waals surface area contributed by atoms with Gasteiger partial charge in [0, 0.05) is 16.4 Å². The highest BCUT2D eigenvalue weighted by molar-refractivity contribution is 7.83. The van der Waals surface area contributed by atoms with Crippen LogP contribution in [-0.4, -0.2) is 19.9 Å². The summed E-state index contributed by atoms with van der Waals surface area (Å²) in [5, 5.41) is 7.61. The van der Waals surface area contributed by atoms with Crippen LogP contribution in [0, 0.1) is 6.92 Å². The summed E-state index contributed by atoms with van der Waals surface area (Å²) in [7, 11) is -0.947. The highest BCUT2D eigenvalue weighted by Crippen LogP contribution is 2.31. The fourth-order valence-electron chi connectivity index (χ4n) is 3.09. The Hall–Kier alpha value is -2.73. The molecule has 0 spiro atoms. The predicted molar refractivity (Wildman–Crippen MR) is 103 cm³/mol. The summed E-state index contributed by atoms with van der Waals surface area (Å²) < 4.78 is 13.7. The molecule has 0 radical (unpaired) electrons. The van der Waals surface area contributed by atoms with Crippen LogP contribution in [0.3, 0.4) is 0 Å². The number of carbonyl (C=O) groups excluding carboxylic acids is 1. The van der Waals surface area contributed by atoms with Crippen molar-refractivity contribution in [3.05, 3.63) is 77.0 Å². The van der Waals surface area contributed by atoms with E-state index in [9.17, 15) is 9.00 Å². The van der Waals surface area contributed by atoms with Gasteiger partial charge in [-0.3, -0.25) is 9.00 Å². The first-order valence-corrected chi connectivity index (χ1v) is 9.95. The van der Waals surface area contributed by atoms with E-state index in [1.165, 1.54) is 0 Å². The van der Waals surface area contributed by atoms with Crippen molar-refractivity contribution < 1.29 is 9.00 Å². The number of hydrogen-bond acceptors (Lipinski definition) is 3. The number of carbonyl (C=O) groups is 1. The van der Waals surface area contributed by atoms with Gasteiger partial charge in [0.15, 0.2) is 0 Å². The molecule has 1 amide bonds. The largest absolute Gasteiger partial charge is 0.310 e. The van der Waals surface area contributed by atoms with E-state index in [1.807, 2.05) is 61.5 Å². The van der Waals surface area contributed by atoms with Crippen LogP contribution in [0.5, 0.6) is 0 Å². The maximum absolute atomic E-state index is 12.6. The molecule has 1 aliphatic heterocycles. The average Bonchev–Trinajstić information content (AvgIpc) is 3.14. The third kappa shape index (κ3) is 3.32. The lowest BCUT2D eigenvalue weighted by Gasteiger charge is -2.11. The number of nitrogens with zero attached hydrogens (tertiary/aromatic N) is 2. The standard InChI is InChI=1S/C20H19N3O2S/c1-14-7-9-16(10-8-14)23-20(17-12-26(25)13-18(17)22-23)21-19(24)11-15-5-3-2-4-6-15/h2-10H,11-13H2,1H3,(H,21,24)/t26-/m1/s1. The first kappa shape index (κ1) is 16.7. The second-order valence-electron chi connectivity index (χ2n) is 6.46. The zero-order chi connectivity index (χ0) is 18.1. The van der Waals surface area contributed by atoms with Crippen molar-refractivity contribution in [2.75, 3.05) is 5.32 Å². The van der Waals surface area contributed by atoms with E-state index in [2.05, 4.69) is 10.4 Å². The Kier molecular flexibility index (Phi) is 4.42. The van der Waals surface area contributed by atoms with E-state index in [0.717, 1.165) is 28.1 Å². The molecule has 4 rings (SSSR count). The molecule has 1 aliphatic rings. The van der Waals surface area contributed by atoms with E-state index >= 15 is 0 Å². The van der Waals surface area contributed by atoms with Gasteiger partial charge in [-0.25, -0.2) is 4.68 Å². The molecule has 3 aromatic rings. The van der Waals surface area contributed by atoms with Crippen LogP contribution in [0.4, 0.5) is 5.82 Å². The van der Waals surface area contributed by atoms with Gasteiger partial charge in [-0.1, -0.05) is 48.0 Å². The third-order valence-corrected chi connectivity index (χ3v) is 5.62. The van der Waals surface area contributed by atoms with Crippen molar-refractivity contribution in [1.82, 2.24) is 9.78 Å². The summed E-state index contributed by atoms with van der Waals surface area (Å²) in [6.45, 7) is 2.03. The van der Waals surface area contributed by atoms with Crippen molar-refractivity contribution in [2.24, 2.45) is 0 Å². The van der Waals surface area contributed by atoms with Crippen molar-refractivity contribution in [3.63, 3.8) is 0 Å². The normalized spacial score (nSPS) is 15.7. The highest BCUT2D eigenvalue weighted by Gasteiger charge is 2.28. The lowest BCUT2D eigenvalue weighted by atomic mass is 10.1. The molecule has 1 atom stereocenters. The topological polar surface area (TPSA) is 64.0 Å². The third-order valence-electron chi connectivity index (χ3n) is 4.41. The Bertz CT molecular complexity index is 978. The monoisotopic (exact) mass is 365 g/mol. The van der Waals surface area contributed by atoms with Crippen molar-refractivity contribution in [3.8, 4) is 5.69 Å². The summed E-state index contributed by atoms with van der Waals surface area (Å²) in [4.78, 5) is 12.6. The van der Waals surface area contributed by atoms with Crippen molar-refractivity contribution in [2.45, 2.75) is 24.9 Å². The molecule has 132 valence electrons. The minimum Gasteiger partial charge on any atom is -0.310 e. The van der Waals surface area contributed by atoms with Crippen LogP contribution >= 0.6 is 0 Å². The Balaban J connectivity index is 1.66. The minimum atomic E-state index is -0.947. The summed E-state index contributed by atoms with van der Waals surface area (Å²) in [5.41, 5.74) is 4.67. The average molecular weight is 365 g/mol. The maximum Gasteiger partial charge on any atom is 0.229 e. The van der Waals surface area contributed by atoms with Crippen LogP contribution < -0.4 is 5.32 Å². The van der Waals surface area contributed by atoms with Gasteiger partial charge in [-0.05, 0) is 24.6 Å². The quantitative estimate of drug-likeness (QED) is 0.773. The number of rotatable bonds is 4. The second-order valence-corrected chi connectivity index (χ2v) is 7.92. The number of anilines is 1. The Labute approximate surface area is 154 Å². The smallest absolute Gasteiger partial charge is 0.229 e. The van der Waals surface area contributed by atoms with E-state index in [-0.39, 0.29) is 12.3 Å². The Morgan fingerprint density at radius 1 is 1.12 bits per heavy atom. The molecule has 26 heavy (non-hydrogen) atoms. The number of nitrogens with one attached hydrogen (secondary N) is 1. The second kappa shape index (κ2) is 6.88.